The van der Waals surface area contributed by atoms with Crippen molar-refractivity contribution < 1.29 is 0 Å². The number of nitrogens with zero attached hydrogens (tertiary/aromatic N) is 3. The first-order valence-corrected chi connectivity index (χ1v) is 4.26. The lowest BCUT2D eigenvalue weighted by Gasteiger charge is -2.11. The number of aryl methyl sites for hydroxylation is 1. The maximum Gasteiger partial charge on any atom is 0.0899 e. The van der Waals surface area contributed by atoms with Gasteiger partial charge in [-0.05, 0) is 12.5 Å². The summed E-state index contributed by atoms with van der Waals surface area (Å²) in [6, 6.07) is 0. The zero-order chi connectivity index (χ0) is 9.26. The van der Waals surface area contributed by atoms with Gasteiger partial charge in [0, 0.05) is 24.9 Å². The van der Waals surface area contributed by atoms with Crippen LogP contribution in [0.25, 0.3) is 0 Å². The maximum absolute atomic E-state index is 5.69. The molecule has 68 valence electrons. The highest BCUT2D eigenvalue weighted by Gasteiger charge is 2.13. The molecular weight excluding hydrogens is 164 g/mol. The standard InChI is InChI=1S/C9H12N4/c1-13-6-9(11-12-13)7-3-2-4-8(10)5-7/h2,4-7H,3,10H2,1H3. The number of hydrogen-bond donors (Lipinski definition) is 1. The second kappa shape index (κ2) is 3.05. The van der Waals surface area contributed by atoms with Crippen molar-refractivity contribution in [1.29, 1.82) is 0 Å². The van der Waals surface area contributed by atoms with E-state index in [-0.39, 0.29) is 0 Å². The Kier molecular flexibility index (Phi) is 1.88. The third-order valence-electron chi connectivity index (χ3n) is 2.09. The van der Waals surface area contributed by atoms with Crippen LogP contribution < -0.4 is 5.73 Å². The molecule has 1 aromatic rings. The molecule has 1 aromatic heterocycles. The molecule has 0 bridgehead atoms. The van der Waals surface area contributed by atoms with E-state index in [4.69, 9.17) is 5.73 Å². The first-order chi connectivity index (χ1) is 6.25. The highest BCUT2D eigenvalue weighted by molar-refractivity contribution is 5.27. The molecule has 0 aliphatic heterocycles. The van der Waals surface area contributed by atoms with Crippen LogP contribution in [-0.2, 0) is 7.05 Å². The Morgan fingerprint density at radius 3 is 3.08 bits per heavy atom. The van der Waals surface area contributed by atoms with Gasteiger partial charge in [0.15, 0.2) is 0 Å². The minimum absolute atomic E-state index is 0.290. The topological polar surface area (TPSA) is 56.7 Å². The van der Waals surface area contributed by atoms with Gasteiger partial charge in [-0.3, -0.25) is 4.68 Å². The van der Waals surface area contributed by atoms with Crippen molar-refractivity contribution in [2.75, 3.05) is 0 Å². The van der Waals surface area contributed by atoms with Crippen molar-refractivity contribution in [3.05, 3.63) is 35.8 Å². The molecule has 1 unspecified atom stereocenters. The summed E-state index contributed by atoms with van der Waals surface area (Å²) in [5, 5.41) is 7.94. The summed E-state index contributed by atoms with van der Waals surface area (Å²) in [5.74, 6) is 0.290. The Morgan fingerprint density at radius 2 is 2.46 bits per heavy atom. The van der Waals surface area contributed by atoms with Gasteiger partial charge in [-0.25, -0.2) is 0 Å². The minimum atomic E-state index is 0.290. The molecule has 1 aliphatic rings. The molecule has 1 heterocycles. The predicted molar refractivity (Wildman–Crippen MR) is 49.8 cm³/mol. The SMILES string of the molecule is Cn1cc(C2C=C(N)C=CC2)nn1. The fraction of sp³-hybridized carbons (Fsp3) is 0.333. The molecule has 4 heteroatoms. The zero-order valence-electron chi connectivity index (χ0n) is 7.51. The molecule has 2 rings (SSSR count). The van der Waals surface area contributed by atoms with Crippen LogP contribution in [0, 0.1) is 0 Å². The van der Waals surface area contributed by atoms with Crippen LogP contribution in [0.2, 0.25) is 0 Å². The summed E-state index contributed by atoms with van der Waals surface area (Å²) >= 11 is 0. The third kappa shape index (κ3) is 1.61. The minimum Gasteiger partial charge on any atom is -0.399 e. The predicted octanol–water partition coefficient (Wildman–Crippen LogP) is 0.701. The number of aromatic nitrogens is 3. The Hall–Kier alpha value is -1.58. The van der Waals surface area contributed by atoms with Gasteiger partial charge in [-0.1, -0.05) is 17.4 Å². The number of hydrogen-bond acceptors (Lipinski definition) is 3. The van der Waals surface area contributed by atoms with Gasteiger partial charge < -0.3 is 5.73 Å². The quantitative estimate of drug-likeness (QED) is 0.685. The van der Waals surface area contributed by atoms with Crippen LogP contribution in [0.1, 0.15) is 18.0 Å². The highest BCUT2D eigenvalue weighted by atomic mass is 15.4. The molecule has 2 N–H and O–H groups in total. The van der Waals surface area contributed by atoms with E-state index < -0.39 is 0 Å². The average molecular weight is 176 g/mol. The van der Waals surface area contributed by atoms with Crippen molar-refractivity contribution in [2.24, 2.45) is 12.8 Å². The Morgan fingerprint density at radius 1 is 1.62 bits per heavy atom. The summed E-state index contributed by atoms with van der Waals surface area (Å²) in [5.41, 5.74) is 7.48. The average Bonchev–Trinajstić information content (AvgIpc) is 2.52. The van der Waals surface area contributed by atoms with Crippen molar-refractivity contribution in [3.8, 4) is 0 Å². The summed E-state index contributed by atoms with van der Waals surface area (Å²) in [4.78, 5) is 0. The fourth-order valence-corrected chi connectivity index (χ4v) is 1.45. The largest absolute Gasteiger partial charge is 0.399 e. The first-order valence-electron chi connectivity index (χ1n) is 4.26. The van der Waals surface area contributed by atoms with Crippen LogP contribution in [0.4, 0.5) is 0 Å². The van der Waals surface area contributed by atoms with Crippen LogP contribution in [0.15, 0.2) is 30.1 Å². The lowest BCUT2D eigenvalue weighted by Crippen LogP contribution is -2.04. The number of nitrogens with two attached hydrogens (primary N) is 1. The summed E-state index contributed by atoms with van der Waals surface area (Å²) < 4.78 is 1.71. The Balaban J connectivity index is 2.23. The number of allylic oxidation sites excluding steroid dienone is 3. The van der Waals surface area contributed by atoms with Gasteiger partial charge in [-0.2, -0.15) is 0 Å². The van der Waals surface area contributed by atoms with Crippen LogP contribution in [-0.4, -0.2) is 15.0 Å². The van der Waals surface area contributed by atoms with Gasteiger partial charge in [0.25, 0.3) is 0 Å². The molecule has 0 aromatic carbocycles. The van der Waals surface area contributed by atoms with Crippen LogP contribution in [0.3, 0.4) is 0 Å². The molecule has 0 fully saturated rings. The molecule has 0 amide bonds. The first kappa shape index (κ1) is 8.04. The monoisotopic (exact) mass is 176 g/mol. The van der Waals surface area contributed by atoms with Crippen molar-refractivity contribution in [3.63, 3.8) is 0 Å². The smallest absolute Gasteiger partial charge is 0.0899 e. The zero-order valence-corrected chi connectivity index (χ0v) is 7.51. The van der Waals surface area contributed by atoms with E-state index in [1.807, 2.05) is 25.4 Å². The Labute approximate surface area is 76.7 Å². The second-order valence-electron chi connectivity index (χ2n) is 3.23. The van der Waals surface area contributed by atoms with Crippen molar-refractivity contribution in [1.82, 2.24) is 15.0 Å². The highest BCUT2D eigenvalue weighted by Crippen LogP contribution is 2.23. The summed E-state index contributed by atoms with van der Waals surface area (Å²) in [6.07, 6.45) is 8.89. The van der Waals surface area contributed by atoms with Crippen molar-refractivity contribution >= 4 is 0 Å². The number of rotatable bonds is 1. The van der Waals surface area contributed by atoms with E-state index >= 15 is 0 Å². The van der Waals surface area contributed by atoms with Gasteiger partial charge in [0.05, 0.1) is 5.69 Å². The van der Waals surface area contributed by atoms with Gasteiger partial charge >= 0.3 is 0 Å². The van der Waals surface area contributed by atoms with Gasteiger partial charge in [0.1, 0.15) is 0 Å². The van der Waals surface area contributed by atoms with Gasteiger partial charge in [0.2, 0.25) is 0 Å². The van der Waals surface area contributed by atoms with E-state index in [1.54, 1.807) is 4.68 Å². The van der Waals surface area contributed by atoms with E-state index in [1.165, 1.54) is 0 Å². The molecule has 0 spiro atoms. The molecule has 0 radical (unpaired) electrons. The fourth-order valence-electron chi connectivity index (χ4n) is 1.45. The molecular formula is C9H12N4. The molecule has 13 heavy (non-hydrogen) atoms. The molecule has 1 atom stereocenters. The van der Waals surface area contributed by atoms with Crippen molar-refractivity contribution in [2.45, 2.75) is 12.3 Å². The summed E-state index contributed by atoms with van der Waals surface area (Å²) in [7, 11) is 1.86. The van der Waals surface area contributed by atoms with E-state index in [2.05, 4.69) is 16.4 Å². The normalized spacial score (nSPS) is 21.6. The van der Waals surface area contributed by atoms with E-state index in [0.717, 1.165) is 17.8 Å². The lowest BCUT2D eigenvalue weighted by atomic mass is 9.97. The maximum atomic E-state index is 5.69. The Bertz CT molecular complexity index is 361. The van der Waals surface area contributed by atoms with E-state index in [9.17, 15) is 0 Å². The third-order valence-corrected chi connectivity index (χ3v) is 2.09. The lowest BCUT2D eigenvalue weighted by molar-refractivity contribution is 0.710. The van der Waals surface area contributed by atoms with E-state index in [0.29, 0.717) is 5.92 Å². The molecule has 0 saturated carbocycles. The molecule has 1 aliphatic carbocycles. The van der Waals surface area contributed by atoms with Crippen LogP contribution >= 0.6 is 0 Å². The van der Waals surface area contributed by atoms with Crippen LogP contribution in [0.5, 0.6) is 0 Å². The second-order valence-corrected chi connectivity index (χ2v) is 3.23. The molecule has 4 nitrogen and oxygen atoms in total. The van der Waals surface area contributed by atoms with Gasteiger partial charge in [-0.15, -0.1) is 5.10 Å². The summed E-state index contributed by atoms with van der Waals surface area (Å²) in [6.45, 7) is 0. The molecule has 0 saturated heterocycles.